The molecule has 0 fully saturated rings. The molecule has 33 heavy (non-hydrogen) atoms. The SMILES string of the molecule is COc1ccc(OC)c(/C(=C/c2ccc(O)c(OC)c2)C(=O)NC(C)c2ccc(O)cc2)c1. The summed E-state index contributed by atoms with van der Waals surface area (Å²) in [6.45, 7) is 1.86. The number of carbonyl (C=O) groups is 1. The topological polar surface area (TPSA) is 97.3 Å². The summed E-state index contributed by atoms with van der Waals surface area (Å²) in [7, 11) is 4.54. The Hall–Kier alpha value is -4.13. The fourth-order valence-corrected chi connectivity index (χ4v) is 3.36. The number of methoxy groups -OCH3 is 3. The van der Waals surface area contributed by atoms with Gasteiger partial charge in [-0.05, 0) is 66.6 Å². The second-order valence-corrected chi connectivity index (χ2v) is 7.34. The average Bonchev–Trinajstić information content (AvgIpc) is 2.83. The van der Waals surface area contributed by atoms with Crippen LogP contribution in [0.4, 0.5) is 0 Å². The molecular formula is C26H27NO6. The molecule has 0 spiro atoms. The van der Waals surface area contributed by atoms with Gasteiger partial charge in [-0.2, -0.15) is 0 Å². The van der Waals surface area contributed by atoms with E-state index in [4.69, 9.17) is 14.2 Å². The number of ether oxygens (including phenoxy) is 3. The zero-order chi connectivity index (χ0) is 24.0. The molecule has 3 aromatic rings. The average molecular weight is 450 g/mol. The van der Waals surface area contributed by atoms with Gasteiger partial charge >= 0.3 is 0 Å². The molecule has 0 bridgehead atoms. The number of phenolic OH excluding ortho intramolecular Hbond substituents is 2. The van der Waals surface area contributed by atoms with E-state index in [1.807, 2.05) is 6.92 Å². The molecule has 0 saturated carbocycles. The third-order valence-electron chi connectivity index (χ3n) is 5.20. The predicted octanol–water partition coefficient (Wildman–Crippen LogP) is 4.54. The molecule has 1 amide bonds. The zero-order valence-corrected chi connectivity index (χ0v) is 19.0. The molecule has 0 saturated heterocycles. The molecule has 1 unspecified atom stereocenters. The maximum atomic E-state index is 13.5. The summed E-state index contributed by atoms with van der Waals surface area (Å²) in [5, 5.41) is 22.5. The second kappa shape index (κ2) is 10.5. The molecule has 3 aromatic carbocycles. The summed E-state index contributed by atoms with van der Waals surface area (Å²) in [6.07, 6.45) is 1.69. The van der Waals surface area contributed by atoms with Crippen molar-refractivity contribution in [2.75, 3.05) is 21.3 Å². The minimum Gasteiger partial charge on any atom is -0.508 e. The zero-order valence-electron chi connectivity index (χ0n) is 19.0. The highest BCUT2D eigenvalue weighted by Crippen LogP contribution is 2.34. The Morgan fingerprint density at radius 3 is 2.21 bits per heavy atom. The standard InChI is InChI=1S/C26H27NO6/c1-16(18-6-8-19(28)9-7-18)27-26(30)22(13-17-5-11-23(29)25(14-17)33-4)21-15-20(31-2)10-12-24(21)32-3/h5-16,28-29H,1-4H3,(H,27,30)/b22-13-. The fraction of sp³-hybridized carbons (Fsp3) is 0.192. The van der Waals surface area contributed by atoms with Gasteiger partial charge in [-0.1, -0.05) is 18.2 Å². The minimum atomic E-state index is -0.339. The lowest BCUT2D eigenvalue weighted by atomic mass is 9.99. The van der Waals surface area contributed by atoms with E-state index in [1.165, 1.54) is 20.3 Å². The van der Waals surface area contributed by atoms with Gasteiger partial charge in [0, 0.05) is 5.56 Å². The molecule has 3 rings (SSSR count). The fourth-order valence-electron chi connectivity index (χ4n) is 3.36. The van der Waals surface area contributed by atoms with Crippen LogP contribution in [-0.2, 0) is 4.79 Å². The Labute approximate surface area is 192 Å². The number of benzene rings is 3. The largest absolute Gasteiger partial charge is 0.508 e. The van der Waals surface area contributed by atoms with E-state index < -0.39 is 0 Å². The van der Waals surface area contributed by atoms with Gasteiger partial charge in [-0.15, -0.1) is 0 Å². The lowest BCUT2D eigenvalue weighted by molar-refractivity contribution is -0.116. The van der Waals surface area contributed by atoms with Crippen LogP contribution in [0.25, 0.3) is 11.6 Å². The summed E-state index contributed by atoms with van der Waals surface area (Å²) in [5.74, 6) is 1.17. The van der Waals surface area contributed by atoms with Crippen molar-refractivity contribution in [2.24, 2.45) is 0 Å². The number of hydrogen-bond acceptors (Lipinski definition) is 6. The van der Waals surface area contributed by atoms with Gasteiger partial charge in [0.25, 0.3) is 5.91 Å². The van der Waals surface area contributed by atoms with Gasteiger partial charge in [0.05, 0.1) is 32.9 Å². The van der Waals surface area contributed by atoms with E-state index in [1.54, 1.807) is 67.8 Å². The highest BCUT2D eigenvalue weighted by atomic mass is 16.5. The first-order valence-electron chi connectivity index (χ1n) is 10.3. The third-order valence-corrected chi connectivity index (χ3v) is 5.20. The van der Waals surface area contributed by atoms with Crippen molar-refractivity contribution >= 4 is 17.6 Å². The first-order chi connectivity index (χ1) is 15.9. The number of carbonyl (C=O) groups excluding carboxylic acids is 1. The van der Waals surface area contributed by atoms with Crippen LogP contribution >= 0.6 is 0 Å². The number of phenols is 2. The molecule has 3 N–H and O–H groups in total. The van der Waals surface area contributed by atoms with E-state index in [-0.39, 0.29) is 23.4 Å². The Bertz CT molecular complexity index is 1150. The van der Waals surface area contributed by atoms with Gasteiger partial charge in [0.1, 0.15) is 17.2 Å². The number of amides is 1. The molecule has 0 aliphatic heterocycles. The van der Waals surface area contributed by atoms with Crippen LogP contribution in [0, 0.1) is 0 Å². The third kappa shape index (κ3) is 5.57. The van der Waals surface area contributed by atoms with Crippen molar-refractivity contribution in [3.05, 3.63) is 77.4 Å². The molecule has 0 aromatic heterocycles. The van der Waals surface area contributed by atoms with Crippen molar-refractivity contribution in [3.8, 4) is 28.7 Å². The van der Waals surface area contributed by atoms with E-state index in [0.717, 1.165) is 5.56 Å². The van der Waals surface area contributed by atoms with E-state index >= 15 is 0 Å². The first-order valence-corrected chi connectivity index (χ1v) is 10.3. The Balaban J connectivity index is 2.07. The molecule has 0 radical (unpaired) electrons. The van der Waals surface area contributed by atoms with Crippen LogP contribution in [0.3, 0.4) is 0 Å². The van der Waals surface area contributed by atoms with Crippen molar-refractivity contribution in [1.29, 1.82) is 0 Å². The van der Waals surface area contributed by atoms with Gasteiger partial charge in [0.15, 0.2) is 11.5 Å². The monoisotopic (exact) mass is 449 g/mol. The van der Waals surface area contributed by atoms with Gasteiger partial charge in [-0.3, -0.25) is 4.79 Å². The smallest absolute Gasteiger partial charge is 0.252 e. The second-order valence-electron chi connectivity index (χ2n) is 7.34. The van der Waals surface area contributed by atoms with Crippen LogP contribution in [0.1, 0.15) is 29.7 Å². The number of rotatable bonds is 8. The van der Waals surface area contributed by atoms with Crippen LogP contribution < -0.4 is 19.5 Å². The highest BCUT2D eigenvalue weighted by Gasteiger charge is 2.20. The molecule has 7 nitrogen and oxygen atoms in total. The van der Waals surface area contributed by atoms with Crippen molar-refractivity contribution in [3.63, 3.8) is 0 Å². The maximum Gasteiger partial charge on any atom is 0.252 e. The molecular weight excluding hydrogens is 422 g/mol. The van der Waals surface area contributed by atoms with E-state index in [9.17, 15) is 15.0 Å². The lowest BCUT2D eigenvalue weighted by Crippen LogP contribution is -2.27. The van der Waals surface area contributed by atoms with Crippen LogP contribution in [-0.4, -0.2) is 37.4 Å². The molecule has 1 atom stereocenters. The summed E-state index contributed by atoms with van der Waals surface area (Å²) in [6, 6.07) is 16.4. The first kappa shape index (κ1) is 23.5. The Morgan fingerprint density at radius 1 is 0.879 bits per heavy atom. The lowest BCUT2D eigenvalue weighted by Gasteiger charge is -2.18. The summed E-state index contributed by atoms with van der Waals surface area (Å²) >= 11 is 0. The van der Waals surface area contributed by atoms with Crippen LogP contribution in [0.5, 0.6) is 28.7 Å². The summed E-state index contributed by atoms with van der Waals surface area (Å²) in [5.41, 5.74) is 2.37. The van der Waals surface area contributed by atoms with Gasteiger partial charge in [0.2, 0.25) is 0 Å². The van der Waals surface area contributed by atoms with Crippen molar-refractivity contribution < 1.29 is 29.2 Å². The van der Waals surface area contributed by atoms with E-state index in [2.05, 4.69) is 5.32 Å². The van der Waals surface area contributed by atoms with Gasteiger partial charge in [-0.25, -0.2) is 0 Å². The van der Waals surface area contributed by atoms with Crippen LogP contribution in [0.2, 0.25) is 0 Å². The maximum absolute atomic E-state index is 13.5. The summed E-state index contributed by atoms with van der Waals surface area (Å²) < 4.78 is 16.1. The van der Waals surface area contributed by atoms with E-state index in [0.29, 0.717) is 33.9 Å². The molecule has 0 aliphatic carbocycles. The van der Waals surface area contributed by atoms with Crippen LogP contribution in [0.15, 0.2) is 60.7 Å². The Kier molecular flexibility index (Phi) is 7.46. The molecule has 0 heterocycles. The quantitative estimate of drug-likeness (QED) is 0.345. The predicted molar refractivity (Wildman–Crippen MR) is 127 cm³/mol. The number of aromatic hydroxyl groups is 2. The minimum absolute atomic E-state index is 0.000523. The normalized spacial score (nSPS) is 12.1. The molecule has 172 valence electrons. The molecule has 0 aliphatic rings. The Morgan fingerprint density at radius 2 is 1.58 bits per heavy atom. The number of nitrogens with one attached hydrogen (secondary N) is 1. The van der Waals surface area contributed by atoms with Crippen molar-refractivity contribution in [1.82, 2.24) is 5.32 Å². The number of hydrogen-bond donors (Lipinski definition) is 3. The molecule has 7 heteroatoms. The highest BCUT2D eigenvalue weighted by molar-refractivity contribution is 6.25. The van der Waals surface area contributed by atoms with Crippen molar-refractivity contribution in [2.45, 2.75) is 13.0 Å². The summed E-state index contributed by atoms with van der Waals surface area (Å²) in [4.78, 5) is 13.5. The van der Waals surface area contributed by atoms with Gasteiger partial charge < -0.3 is 29.7 Å².